The lowest BCUT2D eigenvalue weighted by Crippen LogP contribution is -2.23. The van der Waals surface area contributed by atoms with Gasteiger partial charge < -0.3 is 10.1 Å². The van der Waals surface area contributed by atoms with Crippen LogP contribution in [0.1, 0.15) is 18.0 Å². The van der Waals surface area contributed by atoms with Crippen molar-refractivity contribution in [1.82, 2.24) is 5.32 Å². The number of benzene rings is 1. The van der Waals surface area contributed by atoms with Crippen LogP contribution in [0, 0.1) is 0 Å². The van der Waals surface area contributed by atoms with Crippen molar-refractivity contribution in [1.29, 1.82) is 0 Å². The lowest BCUT2D eigenvalue weighted by atomic mass is 10.1. The maximum Gasteiger partial charge on any atom is 0.175 e. The Bertz CT molecular complexity index is 522. The number of halogens is 1. The summed E-state index contributed by atoms with van der Waals surface area (Å²) in [5.41, 5.74) is 0.881. The molecule has 1 fully saturated rings. The van der Waals surface area contributed by atoms with Crippen molar-refractivity contribution in [3.63, 3.8) is 0 Å². The summed E-state index contributed by atoms with van der Waals surface area (Å²) < 4.78 is 28.3. The number of nitrogens with one attached hydrogen (secondary N) is 1. The van der Waals surface area contributed by atoms with Crippen molar-refractivity contribution in [2.75, 3.05) is 26.0 Å². The average molecular weight is 290 g/mol. The van der Waals surface area contributed by atoms with E-state index < -0.39 is 9.84 Å². The topological polar surface area (TPSA) is 55.4 Å². The Morgan fingerprint density at radius 2 is 2.22 bits per heavy atom. The SMILES string of the molecule is CS(=O)(=O)c1ccc(C2COCCCN2)c(Cl)c1. The Morgan fingerprint density at radius 1 is 1.44 bits per heavy atom. The molecule has 1 saturated heterocycles. The van der Waals surface area contributed by atoms with E-state index in [0.717, 1.165) is 25.1 Å². The molecule has 2 rings (SSSR count). The van der Waals surface area contributed by atoms with Crippen molar-refractivity contribution in [3.8, 4) is 0 Å². The first kappa shape index (κ1) is 13.8. The third kappa shape index (κ3) is 3.23. The predicted octanol–water partition coefficient (Wildman–Crippen LogP) is 1.79. The molecular formula is C12H16ClNO3S. The molecule has 1 aromatic rings. The average Bonchev–Trinajstić information content (AvgIpc) is 2.56. The highest BCUT2D eigenvalue weighted by Crippen LogP contribution is 2.27. The molecule has 0 saturated carbocycles. The van der Waals surface area contributed by atoms with Crippen LogP contribution >= 0.6 is 11.6 Å². The summed E-state index contributed by atoms with van der Waals surface area (Å²) in [4.78, 5) is 0.241. The summed E-state index contributed by atoms with van der Waals surface area (Å²) in [6, 6.07) is 4.86. The summed E-state index contributed by atoms with van der Waals surface area (Å²) >= 11 is 6.16. The van der Waals surface area contributed by atoms with Gasteiger partial charge in [-0.2, -0.15) is 0 Å². The second-order valence-electron chi connectivity index (χ2n) is 4.39. The van der Waals surface area contributed by atoms with Crippen LogP contribution in [0.4, 0.5) is 0 Å². The minimum absolute atomic E-state index is 0.0219. The van der Waals surface area contributed by atoms with Crippen LogP contribution in [-0.2, 0) is 14.6 Å². The zero-order chi connectivity index (χ0) is 13.2. The second kappa shape index (κ2) is 5.57. The van der Waals surface area contributed by atoms with Gasteiger partial charge in [-0.25, -0.2) is 8.42 Å². The lowest BCUT2D eigenvalue weighted by Gasteiger charge is -2.17. The van der Waals surface area contributed by atoms with Gasteiger partial charge in [0, 0.05) is 17.9 Å². The van der Waals surface area contributed by atoms with E-state index in [9.17, 15) is 8.42 Å². The van der Waals surface area contributed by atoms with Gasteiger partial charge in [0.05, 0.1) is 17.5 Å². The number of sulfone groups is 1. The molecule has 1 aromatic carbocycles. The Balaban J connectivity index is 2.29. The molecule has 0 spiro atoms. The minimum atomic E-state index is -3.22. The first-order valence-electron chi connectivity index (χ1n) is 5.79. The van der Waals surface area contributed by atoms with E-state index in [4.69, 9.17) is 16.3 Å². The van der Waals surface area contributed by atoms with Gasteiger partial charge in [0.2, 0.25) is 0 Å². The van der Waals surface area contributed by atoms with Crippen molar-refractivity contribution in [3.05, 3.63) is 28.8 Å². The summed E-state index contributed by atoms with van der Waals surface area (Å²) in [5.74, 6) is 0. The molecule has 0 radical (unpaired) electrons. The molecule has 1 aliphatic heterocycles. The minimum Gasteiger partial charge on any atom is -0.379 e. The normalized spacial score (nSPS) is 21.6. The van der Waals surface area contributed by atoms with Crippen LogP contribution in [-0.4, -0.2) is 34.4 Å². The first-order valence-corrected chi connectivity index (χ1v) is 8.06. The largest absolute Gasteiger partial charge is 0.379 e. The van der Waals surface area contributed by atoms with E-state index in [1.54, 1.807) is 12.1 Å². The standard InChI is InChI=1S/C12H16ClNO3S/c1-18(15,16)9-3-4-10(11(13)7-9)12-8-17-6-2-5-14-12/h3-4,7,12,14H,2,5-6,8H2,1H3. The maximum absolute atomic E-state index is 11.4. The van der Waals surface area contributed by atoms with Crippen molar-refractivity contribution < 1.29 is 13.2 Å². The zero-order valence-corrected chi connectivity index (χ0v) is 11.7. The third-order valence-electron chi connectivity index (χ3n) is 2.92. The van der Waals surface area contributed by atoms with Gasteiger partial charge in [-0.1, -0.05) is 17.7 Å². The van der Waals surface area contributed by atoms with Crippen LogP contribution in [0.15, 0.2) is 23.1 Å². The van der Waals surface area contributed by atoms with Crippen molar-refractivity contribution >= 4 is 21.4 Å². The first-order chi connectivity index (χ1) is 8.48. The highest BCUT2D eigenvalue weighted by molar-refractivity contribution is 7.90. The molecule has 18 heavy (non-hydrogen) atoms. The van der Waals surface area contributed by atoms with Gasteiger partial charge >= 0.3 is 0 Å². The van der Waals surface area contributed by atoms with E-state index in [1.807, 2.05) is 0 Å². The van der Waals surface area contributed by atoms with Crippen LogP contribution in [0.25, 0.3) is 0 Å². The Kier molecular flexibility index (Phi) is 4.27. The molecule has 1 unspecified atom stereocenters. The van der Waals surface area contributed by atoms with Crippen LogP contribution in [0.3, 0.4) is 0 Å². The number of ether oxygens (including phenoxy) is 1. The molecule has 1 aliphatic rings. The molecule has 1 atom stereocenters. The molecular weight excluding hydrogens is 274 g/mol. The molecule has 0 aliphatic carbocycles. The quantitative estimate of drug-likeness (QED) is 0.902. The summed E-state index contributed by atoms with van der Waals surface area (Å²) in [6.07, 6.45) is 2.14. The maximum atomic E-state index is 11.4. The summed E-state index contributed by atoms with van der Waals surface area (Å²) in [7, 11) is -3.22. The van der Waals surface area contributed by atoms with Gasteiger partial charge in [0.25, 0.3) is 0 Å². The second-order valence-corrected chi connectivity index (χ2v) is 6.81. The van der Waals surface area contributed by atoms with Gasteiger partial charge in [0.1, 0.15) is 0 Å². The number of hydrogen-bond acceptors (Lipinski definition) is 4. The van der Waals surface area contributed by atoms with E-state index in [2.05, 4.69) is 5.32 Å². The molecule has 0 aromatic heterocycles. The molecule has 1 heterocycles. The van der Waals surface area contributed by atoms with E-state index in [1.165, 1.54) is 12.3 Å². The zero-order valence-electron chi connectivity index (χ0n) is 10.1. The number of rotatable bonds is 2. The van der Waals surface area contributed by atoms with Crippen molar-refractivity contribution in [2.24, 2.45) is 0 Å². The lowest BCUT2D eigenvalue weighted by molar-refractivity contribution is 0.131. The fourth-order valence-electron chi connectivity index (χ4n) is 1.93. The van der Waals surface area contributed by atoms with Gasteiger partial charge in [-0.3, -0.25) is 0 Å². The van der Waals surface area contributed by atoms with E-state index in [-0.39, 0.29) is 10.9 Å². The van der Waals surface area contributed by atoms with Gasteiger partial charge in [0.15, 0.2) is 9.84 Å². The van der Waals surface area contributed by atoms with Gasteiger partial charge in [-0.15, -0.1) is 0 Å². The molecule has 0 bridgehead atoms. The highest BCUT2D eigenvalue weighted by atomic mass is 35.5. The fourth-order valence-corrected chi connectivity index (χ4v) is 2.96. The smallest absolute Gasteiger partial charge is 0.175 e. The number of hydrogen-bond donors (Lipinski definition) is 1. The highest BCUT2D eigenvalue weighted by Gasteiger charge is 2.18. The fraction of sp³-hybridized carbons (Fsp3) is 0.500. The Labute approximate surface area is 112 Å². The monoisotopic (exact) mass is 289 g/mol. The third-order valence-corrected chi connectivity index (χ3v) is 4.35. The van der Waals surface area contributed by atoms with E-state index in [0.29, 0.717) is 11.6 Å². The van der Waals surface area contributed by atoms with E-state index >= 15 is 0 Å². The Morgan fingerprint density at radius 3 is 2.89 bits per heavy atom. The molecule has 1 N–H and O–H groups in total. The van der Waals surface area contributed by atoms with Crippen molar-refractivity contribution in [2.45, 2.75) is 17.4 Å². The summed E-state index contributed by atoms with van der Waals surface area (Å²) in [6.45, 7) is 2.16. The molecule has 100 valence electrons. The molecule has 4 nitrogen and oxygen atoms in total. The predicted molar refractivity (Wildman–Crippen MR) is 70.7 cm³/mol. The van der Waals surface area contributed by atoms with Crippen LogP contribution in [0.5, 0.6) is 0 Å². The summed E-state index contributed by atoms with van der Waals surface area (Å²) in [5, 5.41) is 3.80. The molecule has 0 amide bonds. The Hall–Kier alpha value is -0.620. The molecule has 6 heteroatoms. The van der Waals surface area contributed by atoms with Gasteiger partial charge in [-0.05, 0) is 30.7 Å². The van der Waals surface area contributed by atoms with Crippen LogP contribution < -0.4 is 5.32 Å². The van der Waals surface area contributed by atoms with Crippen LogP contribution in [0.2, 0.25) is 5.02 Å².